The SMILES string of the molecule is N#Cc1ncccc1S(=O)(=O)NCCCCCC(=O)O. The number of nitrogens with zero attached hydrogens (tertiary/aromatic N) is 2. The molecule has 108 valence electrons. The van der Waals surface area contributed by atoms with Crippen LogP contribution in [0.25, 0.3) is 0 Å². The topological polar surface area (TPSA) is 120 Å². The fraction of sp³-hybridized carbons (Fsp3) is 0.417. The van der Waals surface area contributed by atoms with Crippen LogP contribution in [0.1, 0.15) is 31.4 Å². The third-order valence-corrected chi connectivity index (χ3v) is 4.02. The number of carbonyl (C=O) groups is 1. The number of carboxylic acids is 1. The molecule has 8 heteroatoms. The van der Waals surface area contributed by atoms with Crippen molar-refractivity contribution < 1.29 is 18.3 Å². The smallest absolute Gasteiger partial charge is 0.303 e. The highest BCUT2D eigenvalue weighted by molar-refractivity contribution is 7.89. The Morgan fingerprint density at radius 2 is 2.15 bits per heavy atom. The van der Waals surface area contributed by atoms with Crippen molar-refractivity contribution in [1.82, 2.24) is 9.71 Å². The summed E-state index contributed by atoms with van der Waals surface area (Å²) < 4.78 is 26.3. The maximum Gasteiger partial charge on any atom is 0.303 e. The van der Waals surface area contributed by atoms with Crippen molar-refractivity contribution in [1.29, 1.82) is 5.26 Å². The quantitative estimate of drug-likeness (QED) is 0.687. The highest BCUT2D eigenvalue weighted by Crippen LogP contribution is 2.11. The minimum absolute atomic E-state index is 0.0773. The molecule has 0 saturated heterocycles. The fourth-order valence-electron chi connectivity index (χ4n) is 1.55. The van der Waals surface area contributed by atoms with E-state index in [1.165, 1.54) is 18.3 Å². The van der Waals surface area contributed by atoms with E-state index in [2.05, 4.69) is 9.71 Å². The van der Waals surface area contributed by atoms with Crippen molar-refractivity contribution in [2.24, 2.45) is 0 Å². The summed E-state index contributed by atoms with van der Waals surface area (Å²) in [6, 6.07) is 4.49. The molecule has 0 bridgehead atoms. The van der Waals surface area contributed by atoms with Crippen molar-refractivity contribution in [3.63, 3.8) is 0 Å². The molecule has 0 aliphatic heterocycles. The lowest BCUT2D eigenvalue weighted by Crippen LogP contribution is -2.25. The van der Waals surface area contributed by atoms with Gasteiger partial charge in [0, 0.05) is 19.2 Å². The highest BCUT2D eigenvalue weighted by Gasteiger charge is 2.18. The Labute approximate surface area is 117 Å². The van der Waals surface area contributed by atoms with Gasteiger partial charge in [0.25, 0.3) is 0 Å². The van der Waals surface area contributed by atoms with E-state index in [0.717, 1.165) is 0 Å². The second-order valence-electron chi connectivity index (χ2n) is 4.06. The van der Waals surface area contributed by atoms with E-state index in [0.29, 0.717) is 19.3 Å². The Morgan fingerprint density at radius 1 is 1.40 bits per heavy atom. The molecule has 0 unspecified atom stereocenters. The van der Waals surface area contributed by atoms with Gasteiger partial charge in [-0.1, -0.05) is 6.42 Å². The first-order chi connectivity index (χ1) is 9.47. The Bertz CT molecular complexity index is 607. The molecule has 0 atom stereocenters. The predicted octanol–water partition coefficient (Wildman–Crippen LogP) is 0.877. The molecule has 2 N–H and O–H groups in total. The Balaban J connectivity index is 2.50. The first kappa shape index (κ1) is 16.1. The van der Waals surface area contributed by atoms with Crippen LogP contribution in [0.2, 0.25) is 0 Å². The van der Waals surface area contributed by atoms with Gasteiger partial charge in [0.05, 0.1) is 0 Å². The Morgan fingerprint density at radius 3 is 2.80 bits per heavy atom. The maximum atomic E-state index is 12.0. The first-order valence-electron chi connectivity index (χ1n) is 6.04. The second kappa shape index (κ2) is 7.57. The minimum Gasteiger partial charge on any atom is -0.481 e. The summed E-state index contributed by atoms with van der Waals surface area (Å²) in [6.07, 6.45) is 3.09. The molecule has 1 heterocycles. The molecule has 0 spiro atoms. The number of carboxylic acid groups (broad SMARTS) is 1. The van der Waals surface area contributed by atoms with Gasteiger partial charge in [-0.15, -0.1) is 0 Å². The molecule has 1 aromatic rings. The maximum absolute atomic E-state index is 12.0. The normalized spacial score (nSPS) is 10.9. The molecule has 0 amide bonds. The minimum atomic E-state index is -3.76. The van der Waals surface area contributed by atoms with E-state index in [9.17, 15) is 13.2 Å². The van der Waals surface area contributed by atoms with Crippen LogP contribution in [0.3, 0.4) is 0 Å². The van der Waals surface area contributed by atoms with Gasteiger partial charge in [0.2, 0.25) is 10.0 Å². The standard InChI is InChI=1S/C12H15N3O4S/c13-9-10-11(5-4-7-14-10)20(18,19)15-8-3-1-2-6-12(16)17/h4-5,7,15H,1-3,6,8H2,(H,16,17). The summed E-state index contributed by atoms with van der Waals surface area (Å²) in [5.74, 6) is -0.861. The lowest BCUT2D eigenvalue weighted by atomic mass is 10.2. The summed E-state index contributed by atoms with van der Waals surface area (Å²) in [5.41, 5.74) is -0.147. The Kier molecular flexibility index (Phi) is 6.09. The van der Waals surface area contributed by atoms with E-state index in [4.69, 9.17) is 10.4 Å². The average Bonchev–Trinajstić information content (AvgIpc) is 2.42. The van der Waals surface area contributed by atoms with Gasteiger partial charge in [-0.3, -0.25) is 4.79 Å². The summed E-state index contributed by atoms with van der Waals surface area (Å²) in [5, 5.41) is 17.3. The van der Waals surface area contributed by atoms with Crippen LogP contribution in [0.4, 0.5) is 0 Å². The van der Waals surface area contributed by atoms with E-state index >= 15 is 0 Å². The molecule has 1 aromatic heterocycles. The molecular weight excluding hydrogens is 282 g/mol. The van der Waals surface area contributed by atoms with E-state index < -0.39 is 16.0 Å². The summed E-state index contributed by atoms with van der Waals surface area (Å²) in [4.78, 5) is 13.8. The lowest BCUT2D eigenvalue weighted by molar-refractivity contribution is -0.137. The van der Waals surface area contributed by atoms with Crippen LogP contribution in [-0.4, -0.2) is 31.0 Å². The van der Waals surface area contributed by atoms with Gasteiger partial charge in [-0.2, -0.15) is 5.26 Å². The van der Waals surface area contributed by atoms with Crippen molar-refractivity contribution in [3.8, 4) is 6.07 Å². The van der Waals surface area contributed by atoms with Crippen LogP contribution in [-0.2, 0) is 14.8 Å². The lowest BCUT2D eigenvalue weighted by Gasteiger charge is -2.07. The zero-order valence-corrected chi connectivity index (χ0v) is 11.6. The van der Waals surface area contributed by atoms with E-state index in [1.54, 1.807) is 6.07 Å². The summed E-state index contributed by atoms with van der Waals surface area (Å²) in [7, 11) is -3.76. The van der Waals surface area contributed by atoms with Crippen molar-refractivity contribution >= 4 is 16.0 Å². The number of hydrogen-bond donors (Lipinski definition) is 2. The zero-order chi connectivity index (χ0) is 15.0. The second-order valence-corrected chi connectivity index (χ2v) is 5.80. The molecule has 7 nitrogen and oxygen atoms in total. The third kappa shape index (κ3) is 4.95. The summed E-state index contributed by atoms with van der Waals surface area (Å²) >= 11 is 0. The molecule has 0 aliphatic carbocycles. The van der Waals surface area contributed by atoms with E-state index in [-0.39, 0.29) is 23.6 Å². The van der Waals surface area contributed by atoms with Crippen molar-refractivity contribution in [2.45, 2.75) is 30.6 Å². The number of unbranched alkanes of at least 4 members (excludes halogenated alkanes) is 2. The van der Waals surface area contributed by atoms with Gasteiger partial charge in [-0.05, 0) is 25.0 Å². The fourth-order valence-corrected chi connectivity index (χ4v) is 2.73. The van der Waals surface area contributed by atoms with Crippen LogP contribution in [0.15, 0.2) is 23.2 Å². The first-order valence-corrected chi connectivity index (χ1v) is 7.52. The Hall–Kier alpha value is -1.98. The van der Waals surface area contributed by atoms with Crippen LogP contribution in [0, 0.1) is 11.3 Å². The van der Waals surface area contributed by atoms with Crippen LogP contribution in [0.5, 0.6) is 0 Å². The average molecular weight is 297 g/mol. The van der Waals surface area contributed by atoms with Crippen LogP contribution >= 0.6 is 0 Å². The predicted molar refractivity (Wildman–Crippen MR) is 70.2 cm³/mol. The molecule has 0 saturated carbocycles. The number of sulfonamides is 1. The van der Waals surface area contributed by atoms with Crippen LogP contribution < -0.4 is 4.72 Å². The number of aromatic nitrogens is 1. The molecule has 20 heavy (non-hydrogen) atoms. The largest absolute Gasteiger partial charge is 0.481 e. The molecular formula is C12H15N3O4S. The number of aliphatic carboxylic acids is 1. The molecule has 1 rings (SSSR count). The molecule has 0 aliphatic rings. The van der Waals surface area contributed by atoms with Gasteiger partial charge < -0.3 is 5.11 Å². The van der Waals surface area contributed by atoms with Gasteiger partial charge in [-0.25, -0.2) is 18.1 Å². The van der Waals surface area contributed by atoms with E-state index in [1.807, 2.05) is 0 Å². The number of pyridine rings is 1. The molecule has 0 fully saturated rings. The number of nitrogens with one attached hydrogen (secondary N) is 1. The van der Waals surface area contributed by atoms with Crippen molar-refractivity contribution in [3.05, 3.63) is 24.0 Å². The van der Waals surface area contributed by atoms with Gasteiger partial charge >= 0.3 is 5.97 Å². The number of nitriles is 1. The van der Waals surface area contributed by atoms with Crippen molar-refractivity contribution in [2.75, 3.05) is 6.54 Å². The summed E-state index contributed by atoms with van der Waals surface area (Å²) in [6.45, 7) is 0.196. The molecule has 0 aromatic carbocycles. The number of hydrogen-bond acceptors (Lipinski definition) is 5. The highest BCUT2D eigenvalue weighted by atomic mass is 32.2. The van der Waals surface area contributed by atoms with Gasteiger partial charge in [0.15, 0.2) is 5.69 Å². The third-order valence-electron chi connectivity index (χ3n) is 2.53. The van der Waals surface area contributed by atoms with Gasteiger partial charge in [0.1, 0.15) is 11.0 Å². The zero-order valence-electron chi connectivity index (χ0n) is 10.7. The monoisotopic (exact) mass is 297 g/mol. The number of rotatable bonds is 8. The molecule has 0 radical (unpaired) electrons.